The van der Waals surface area contributed by atoms with Crippen LogP contribution < -0.4 is 0 Å². The van der Waals surface area contributed by atoms with Crippen molar-refractivity contribution in [2.45, 2.75) is 13.5 Å². The van der Waals surface area contributed by atoms with Gasteiger partial charge in [0.2, 0.25) is 0 Å². The molecule has 0 fully saturated rings. The number of benzene rings is 1. The van der Waals surface area contributed by atoms with Crippen LogP contribution in [-0.4, -0.2) is 10.4 Å². The number of ketones is 1. The first kappa shape index (κ1) is 10.8. The number of rotatable bonds is 2. The number of hydrogen-bond donors (Lipinski definition) is 0. The molecule has 1 heterocycles. The molecule has 0 unspecified atom stereocenters. The molecular weight excluding hydrogens is 222 g/mol. The molecule has 2 nitrogen and oxygen atoms in total. The Kier molecular flexibility index (Phi) is 2.72. The van der Waals surface area contributed by atoms with Crippen LogP contribution in [0.25, 0.3) is 10.9 Å². The van der Waals surface area contributed by atoms with Gasteiger partial charge in [-0.05, 0) is 25.1 Å². The monoisotopic (exact) mass is 231 g/mol. The Hall–Kier alpha value is -1.72. The Morgan fingerprint density at radius 2 is 2.31 bits per heavy atom. The Morgan fingerprint density at radius 1 is 1.56 bits per heavy atom. The molecule has 0 aliphatic carbocycles. The van der Waals surface area contributed by atoms with Crippen LogP contribution in [0.5, 0.6) is 0 Å². The van der Waals surface area contributed by atoms with E-state index in [9.17, 15) is 4.79 Å². The minimum atomic E-state index is 0.0167. The molecule has 3 heteroatoms. The SMILES string of the molecule is C#CCn1cc(C(C)=O)c2cc(Cl)ccc21. The second kappa shape index (κ2) is 4.03. The van der Waals surface area contributed by atoms with E-state index in [0.29, 0.717) is 17.1 Å². The van der Waals surface area contributed by atoms with E-state index in [1.165, 1.54) is 6.92 Å². The van der Waals surface area contributed by atoms with Gasteiger partial charge in [-0.15, -0.1) is 6.42 Å². The first-order valence-electron chi connectivity index (χ1n) is 4.86. The second-order valence-corrected chi connectivity index (χ2v) is 4.03. The predicted molar refractivity (Wildman–Crippen MR) is 65.8 cm³/mol. The molecule has 1 aromatic heterocycles. The van der Waals surface area contributed by atoms with Gasteiger partial charge in [-0.3, -0.25) is 4.79 Å². The molecule has 0 amide bonds. The molecule has 1 aromatic carbocycles. The number of Topliss-reactive ketones (excluding diaryl/α,β-unsaturated/α-hetero) is 1. The molecule has 0 spiro atoms. The number of hydrogen-bond acceptors (Lipinski definition) is 1. The highest BCUT2D eigenvalue weighted by Gasteiger charge is 2.11. The highest BCUT2D eigenvalue weighted by molar-refractivity contribution is 6.31. The average molecular weight is 232 g/mol. The topological polar surface area (TPSA) is 22.0 Å². The lowest BCUT2D eigenvalue weighted by Gasteiger charge is -1.98. The van der Waals surface area contributed by atoms with Gasteiger partial charge in [0.05, 0.1) is 6.54 Å². The zero-order valence-corrected chi connectivity index (χ0v) is 9.58. The summed E-state index contributed by atoms with van der Waals surface area (Å²) in [5.41, 5.74) is 1.60. The lowest BCUT2D eigenvalue weighted by atomic mass is 10.1. The third-order valence-electron chi connectivity index (χ3n) is 2.48. The third-order valence-corrected chi connectivity index (χ3v) is 2.72. The molecular formula is C13H10ClNO. The normalized spacial score (nSPS) is 10.3. The maximum absolute atomic E-state index is 11.5. The zero-order valence-electron chi connectivity index (χ0n) is 8.83. The molecule has 16 heavy (non-hydrogen) atoms. The van der Waals surface area contributed by atoms with Crippen molar-refractivity contribution in [3.63, 3.8) is 0 Å². The summed E-state index contributed by atoms with van der Waals surface area (Å²) in [7, 11) is 0. The van der Waals surface area contributed by atoms with E-state index in [-0.39, 0.29) is 5.78 Å². The number of nitrogens with zero attached hydrogens (tertiary/aromatic N) is 1. The summed E-state index contributed by atoms with van der Waals surface area (Å²) in [6.45, 7) is 1.99. The Bertz CT molecular complexity index is 604. The summed E-state index contributed by atoms with van der Waals surface area (Å²) in [6.07, 6.45) is 7.07. The maximum Gasteiger partial charge on any atom is 0.161 e. The van der Waals surface area contributed by atoms with Gasteiger partial charge in [0.25, 0.3) is 0 Å². The minimum Gasteiger partial charge on any atom is -0.335 e. The fraction of sp³-hybridized carbons (Fsp3) is 0.154. The van der Waals surface area contributed by atoms with Crippen LogP contribution in [0, 0.1) is 12.3 Å². The lowest BCUT2D eigenvalue weighted by molar-refractivity contribution is 0.101. The maximum atomic E-state index is 11.5. The number of aromatic nitrogens is 1. The lowest BCUT2D eigenvalue weighted by Crippen LogP contribution is -1.93. The van der Waals surface area contributed by atoms with Crippen molar-refractivity contribution in [1.82, 2.24) is 4.57 Å². The molecule has 2 rings (SSSR count). The molecule has 0 radical (unpaired) electrons. The first-order chi connectivity index (χ1) is 7.63. The molecule has 0 aliphatic rings. The molecule has 0 bridgehead atoms. The Morgan fingerprint density at radius 3 is 2.94 bits per heavy atom. The summed E-state index contributed by atoms with van der Waals surface area (Å²) < 4.78 is 1.88. The van der Waals surface area contributed by atoms with E-state index in [0.717, 1.165) is 10.9 Å². The van der Waals surface area contributed by atoms with Gasteiger partial charge >= 0.3 is 0 Å². The third kappa shape index (κ3) is 1.70. The van der Waals surface area contributed by atoms with Crippen LogP contribution in [0.3, 0.4) is 0 Å². The van der Waals surface area contributed by atoms with Crippen LogP contribution in [-0.2, 0) is 6.54 Å². The first-order valence-corrected chi connectivity index (χ1v) is 5.24. The quantitative estimate of drug-likeness (QED) is 0.575. The smallest absolute Gasteiger partial charge is 0.161 e. The summed E-state index contributed by atoms with van der Waals surface area (Å²) in [4.78, 5) is 11.5. The number of terminal acetylenes is 1. The summed E-state index contributed by atoms with van der Waals surface area (Å²) in [5.74, 6) is 2.58. The van der Waals surface area contributed by atoms with Gasteiger partial charge in [-0.25, -0.2) is 0 Å². The molecule has 0 atom stereocenters. The summed E-state index contributed by atoms with van der Waals surface area (Å²) >= 11 is 5.92. The number of fused-ring (bicyclic) bond motifs is 1. The van der Waals surface area contributed by atoms with E-state index in [1.54, 1.807) is 18.3 Å². The Balaban J connectivity index is 2.77. The zero-order chi connectivity index (χ0) is 11.7. The fourth-order valence-corrected chi connectivity index (χ4v) is 1.95. The van der Waals surface area contributed by atoms with Crippen LogP contribution in [0.15, 0.2) is 24.4 Å². The number of halogens is 1. The molecule has 0 N–H and O–H groups in total. The molecule has 80 valence electrons. The minimum absolute atomic E-state index is 0.0167. The van der Waals surface area contributed by atoms with Gasteiger partial charge < -0.3 is 4.57 Å². The number of carbonyl (C=O) groups excluding carboxylic acids is 1. The van der Waals surface area contributed by atoms with Crippen molar-refractivity contribution in [3.05, 3.63) is 35.0 Å². The highest BCUT2D eigenvalue weighted by Crippen LogP contribution is 2.25. The van der Waals surface area contributed by atoms with E-state index >= 15 is 0 Å². The van der Waals surface area contributed by atoms with Crippen molar-refractivity contribution in [2.75, 3.05) is 0 Å². The van der Waals surface area contributed by atoms with Crippen molar-refractivity contribution in [2.24, 2.45) is 0 Å². The van der Waals surface area contributed by atoms with Crippen LogP contribution >= 0.6 is 11.6 Å². The standard InChI is InChI=1S/C13H10ClNO/c1-3-6-15-8-12(9(2)16)11-7-10(14)4-5-13(11)15/h1,4-5,7-8H,6H2,2H3. The largest absolute Gasteiger partial charge is 0.335 e. The summed E-state index contributed by atoms with van der Waals surface area (Å²) in [6, 6.07) is 5.46. The Labute approximate surface area is 98.8 Å². The molecule has 0 saturated heterocycles. The van der Waals surface area contributed by atoms with E-state index in [1.807, 2.05) is 10.6 Å². The van der Waals surface area contributed by atoms with Gasteiger partial charge in [-0.1, -0.05) is 17.5 Å². The van der Waals surface area contributed by atoms with Gasteiger partial charge in [0.15, 0.2) is 5.78 Å². The van der Waals surface area contributed by atoms with Crippen LogP contribution in [0.2, 0.25) is 5.02 Å². The second-order valence-electron chi connectivity index (χ2n) is 3.59. The van der Waals surface area contributed by atoms with Crippen molar-refractivity contribution < 1.29 is 4.79 Å². The molecule has 0 saturated carbocycles. The molecule has 2 aromatic rings. The van der Waals surface area contributed by atoms with Crippen molar-refractivity contribution in [3.8, 4) is 12.3 Å². The van der Waals surface area contributed by atoms with Crippen LogP contribution in [0.4, 0.5) is 0 Å². The fourth-order valence-electron chi connectivity index (χ4n) is 1.78. The summed E-state index contributed by atoms with van der Waals surface area (Å²) in [5, 5.41) is 1.48. The highest BCUT2D eigenvalue weighted by atomic mass is 35.5. The predicted octanol–water partition coefficient (Wildman–Crippen LogP) is 3.13. The van der Waals surface area contributed by atoms with Crippen molar-refractivity contribution >= 4 is 28.3 Å². The van der Waals surface area contributed by atoms with Gasteiger partial charge in [-0.2, -0.15) is 0 Å². The van der Waals surface area contributed by atoms with E-state index in [4.69, 9.17) is 18.0 Å². The average Bonchev–Trinajstić information content (AvgIpc) is 2.57. The van der Waals surface area contributed by atoms with Gasteiger partial charge in [0, 0.05) is 27.7 Å². The van der Waals surface area contributed by atoms with E-state index in [2.05, 4.69) is 5.92 Å². The van der Waals surface area contributed by atoms with E-state index < -0.39 is 0 Å². The van der Waals surface area contributed by atoms with Gasteiger partial charge in [0.1, 0.15) is 0 Å². The van der Waals surface area contributed by atoms with Crippen LogP contribution in [0.1, 0.15) is 17.3 Å². The number of carbonyl (C=O) groups is 1. The van der Waals surface area contributed by atoms with Crippen molar-refractivity contribution in [1.29, 1.82) is 0 Å². The molecule has 0 aliphatic heterocycles.